The van der Waals surface area contributed by atoms with Crippen molar-refractivity contribution in [3.8, 4) is 0 Å². The van der Waals surface area contributed by atoms with Gasteiger partial charge in [-0.25, -0.2) is 0 Å². The lowest BCUT2D eigenvalue weighted by molar-refractivity contribution is -0.121. The van der Waals surface area contributed by atoms with Crippen molar-refractivity contribution >= 4 is 23.2 Å². The Hall–Kier alpha value is -1.92. The van der Waals surface area contributed by atoms with Crippen molar-refractivity contribution in [2.24, 2.45) is 5.41 Å². The molecule has 0 atom stereocenters. The van der Waals surface area contributed by atoms with Crippen LogP contribution in [0.2, 0.25) is 0 Å². The van der Waals surface area contributed by atoms with E-state index in [2.05, 4.69) is 37.6 Å². The summed E-state index contributed by atoms with van der Waals surface area (Å²) in [5, 5.41) is 0. The molecule has 154 valence electrons. The molecule has 2 heterocycles. The van der Waals surface area contributed by atoms with Crippen LogP contribution in [0.4, 0.5) is 11.4 Å². The molecule has 0 N–H and O–H groups in total. The molecule has 0 radical (unpaired) electrons. The van der Waals surface area contributed by atoms with E-state index in [1.54, 1.807) is 0 Å². The number of nitrogens with zero attached hydrogens (tertiary/aromatic N) is 4. The monoisotopic (exact) mass is 386 g/mol. The molecule has 0 aliphatic carbocycles. The summed E-state index contributed by atoms with van der Waals surface area (Å²) in [5.74, 6) is 0.277. The van der Waals surface area contributed by atoms with Crippen LogP contribution in [0.3, 0.4) is 0 Å². The van der Waals surface area contributed by atoms with Crippen molar-refractivity contribution in [1.29, 1.82) is 0 Å². The molecular weight excluding hydrogens is 352 g/mol. The normalized spacial score (nSPS) is 18.9. The van der Waals surface area contributed by atoms with Crippen LogP contribution in [0.15, 0.2) is 24.3 Å². The van der Waals surface area contributed by atoms with Gasteiger partial charge in [-0.2, -0.15) is 0 Å². The first-order chi connectivity index (χ1) is 13.2. The number of amides is 2. The zero-order valence-electron chi connectivity index (χ0n) is 17.8. The Morgan fingerprint density at radius 2 is 1.39 bits per heavy atom. The van der Waals surface area contributed by atoms with Crippen molar-refractivity contribution < 1.29 is 9.59 Å². The first-order valence-electron chi connectivity index (χ1n) is 10.4. The second-order valence-corrected chi connectivity index (χ2v) is 9.21. The van der Waals surface area contributed by atoms with Crippen LogP contribution in [-0.2, 0) is 9.59 Å². The van der Waals surface area contributed by atoms with E-state index in [-0.39, 0.29) is 17.2 Å². The first-order valence-corrected chi connectivity index (χ1v) is 10.4. The third-order valence-corrected chi connectivity index (χ3v) is 5.53. The van der Waals surface area contributed by atoms with E-state index in [1.807, 2.05) is 34.1 Å². The van der Waals surface area contributed by atoms with Crippen LogP contribution in [-0.4, -0.2) is 74.5 Å². The summed E-state index contributed by atoms with van der Waals surface area (Å²) in [4.78, 5) is 34.2. The van der Waals surface area contributed by atoms with Gasteiger partial charge in [0.1, 0.15) is 0 Å². The molecule has 1 saturated heterocycles. The second kappa shape index (κ2) is 8.62. The fraction of sp³-hybridized carbons (Fsp3) is 0.636. The van der Waals surface area contributed by atoms with Crippen molar-refractivity contribution in [2.75, 3.05) is 62.7 Å². The minimum Gasteiger partial charge on any atom is -0.309 e. The molecule has 2 aliphatic rings. The van der Waals surface area contributed by atoms with Gasteiger partial charge >= 0.3 is 0 Å². The highest BCUT2D eigenvalue weighted by Gasteiger charge is 2.31. The van der Waals surface area contributed by atoms with Crippen LogP contribution in [0.5, 0.6) is 0 Å². The second-order valence-electron chi connectivity index (χ2n) is 9.21. The van der Waals surface area contributed by atoms with Gasteiger partial charge in [0.2, 0.25) is 11.8 Å². The topological polar surface area (TPSA) is 47.1 Å². The maximum absolute atomic E-state index is 13.0. The molecule has 6 heteroatoms. The smallest absolute Gasteiger partial charge is 0.228 e. The Kier molecular flexibility index (Phi) is 6.40. The summed E-state index contributed by atoms with van der Waals surface area (Å²) in [6, 6.07) is 7.79. The molecule has 1 fully saturated rings. The predicted octanol–water partition coefficient (Wildman–Crippen LogP) is 2.44. The fourth-order valence-electron chi connectivity index (χ4n) is 3.89. The average Bonchev–Trinajstić information content (AvgIpc) is 2.65. The van der Waals surface area contributed by atoms with E-state index < -0.39 is 0 Å². The van der Waals surface area contributed by atoms with Gasteiger partial charge in [0, 0.05) is 58.7 Å². The Morgan fingerprint density at radius 1 is 0.857 bits per heavy atom. The Morgan fingerprint density at radius 3 is 1.93 bits per heavy atom. The number of piperazine rings is 1. The quantitative estimate of drug-likeness (QED) is 0.797. The molecule has 1 aromatic rings. The van der Waals surface area contributed by atoms with Gasteiger partial charge in [-0.1, -0.05) is 32.9 Å². The summed E-state index contributed by atoms with van der Waals surface area (Å²) >= 11 is 0. The van der Waals surface area contributed by atoms with E-state index >= 15 is 0 Å². The van der Waals surface area contributed by atoms with Crippen molar-refractivity contribution in [3.63, 3.8) is 0 Å². The fourth-order valence-corrected chi connectivity index (χ4v) is 3.89. The van der Waals surface area contributed by atoms with E-state index in [9.17, 15) is 9.59 Å². The van der Waals surface area contributed by atoms with Gasteiger partial charge in [0.25, 0.3) is 0 Å². The SMILES string of the molecule is CN1CCN(CCC(=O)N2CCN(C(=O)CC(C)(C)C)c3ccccc32)CC1. The molecule has 0 unspecified atom stereocenters. The lowest BCUT2D eigenvalue weighted by Crippen LogP contribution is -2.48. The van der Waals surface area contributed by atoms with Crippen LogP contribution in [0.1, 0.15) is 33.6 Å². The third-order valence-electron chi connectivity index (χ3n) is 5.53. The molecular formula is C22H34N4O2. The van der Waals surface area contributed by atoms with Crippen molar-refractivity contribution in [3.05, 3.63) is 24.3 Å². The summed E-state index contributed by atoms with van der Waals surface area (Å²) in [5.41, 5.74) is 1.66. The van der Waals surface area contributed by atoms with E-state index in [0.717, 1.165) is 44.1 Å². The van der Waals surface area contributed by atoms with Gasteiger partial charge in [0.05, 0.1) is 11.4 Å². The Labute approximate surface area is 169 Å². The Bertz CT molecular complexity index is 705. The van der Waals surface area contributed by atoms with Gasteiger partial charge in [-0.3, -0.25) is 9.59 Å². The molecule has 0 saturated carbocycles. The number of para-hydroxylation sites is 2. The minimum absolute atomic E-state index is 0.0541. The number of fused-ring (bicyclic) bond motifs is 1. The Balaban J connectivity index is 1.66. The van der Waals surface area contributed by atoms with Gasteiger partial charge in [0.15, 0.2) is 0 Å². The zero-order chi connectivity index (χ0) is 20.3. The van der Waals surface area contributed by atoms with Crippen molar-refractivity contribution in [2.45, 2.75) is 33.6 Å². The van der Waals surface area contributed by atoms with Gasteiger partial charge in [-0.15, -0.1) is 0 Å². The number of hydrogen-bond acceptors (Lipinski definition) is 4. The summed E-state index contributed by atoms with van der Waals surface area (Å²) in [6.45, 7) is 12.3. The largest absolute Gasteiger partial charge is 0.309 e. The highest BCUT2D eigenvalue weighted by Crippen LogP contribution is 2.34. The molecule has 6 nitrogen and oxygen atoms in total. The summed E-state index contributed by atoms with van der Waals surface area (Å²) in [7, 11) is 2.14. The molecule has 0 bridgehead atoms. The number of carbonyl (C=O) groups excluding carboxylic acids is 2. The molecule has 1 aromatic carbocycles. The number of benzene rings is 1. The number of likely N-dealkylation sites (N-methyl/N-ethyl adjacent to an activating group) is 1. The number of anilines is 2. The number of rotatable bonds is 4. The van der Waals surface area contributed by atoms with E-state index in [1.165, 1.54) is 0 Å². The maximum Gasteiger partial charge on any atom is 0.228 e. The average molecular weight is 387 g/mol. The maximum atomic E-state index is 13.0. The lowest BCUT2D eigenvalue weighted by atomic mass is 9.91. The summed E-state index contributed by atoms with van der Waals surface area (Å²) in [6.07, 6.45) is 1.02. The lowest BCUT2D eigenvalue weighted by Gasteiger charge is -2.38. The number of carbonyl (C=O) groups is 2. The third kappa shape index (κ3) is 5.11. The van der Waals surface area contributed by atoms with Crippen LogP contribution < -0.4 is 9.80 Å². The van der Waals surface area contributed by atoms with Gasteiger partial charge < -0.3 is 19.6 Å². The van der Waals surface area contributed by atoms with Crippen LogP contribution in [0.25, 0.3) is 0 Å². The van der Waals surface area contributed by atoms with Crippen LogP contribution >= 0.6 is 0 Å². The predicted molar refractivity (Wildman–Crippen MR) is 114 cm³/mol. The van der Waals surface area contributed by atoms with Crippen molar-refractivity contribution in [1.82, 2.24) is 9.80 Å². The molecule has 2 amide bonds. The highest BCUT2D eigenvalue weighted by molar-refractivity contribution is 6.04. The standard InChI is InChI=1S/C22H34N4O2/c1-22(2,3)17-21(28)26-16-15-25(18-7-5-6-8-19(18)26)20(27)9-10-24-13-11-23(4)12-14-24/h5-8H,9-17H2,1-4H3. The molecule has 3 rings (SSSR count). The first kappa shape index (κ1) is 20.8. The van der Waals surface area contributed by atoms with Crippen LogP contribution in [0, 0.1) is 5.41 Å². The highest BCUT2D eigenvalue weighted by atomic mass is 16.2. The minimum atomic E-state index is -0.0541. The van der Waals surface area contributed by atoms with E-state index in [4.69, 9.17) is 0 Å². The summed E-state index contributed by atoms with van der Waals surface area (Å²) < 4.78 is 0. The molecule has 28 heavy (non-hydrogen) atoms. The molecule has 0 spiro atoms. The van der Waals surface area contributed by atoms with E-state index in [0.29, 0.717) is 25.9 Å². The number of hydrogen-bond donors (Lipinski definition) is 0. The van der Waals surface area contributed by atoms with Gasteiger partial charge in [-0.05, 0) is 24.6 Å². The molecule has 2 aliphatic heterocycles. The zero-order valence-corrected chi connectivity index (χ0v) is 17.8. The molecule has 0 aromatic heterocycles.